The molecule has 7 heteroatoms. The molecule has 1 heterocycles. The van der Waals surface area contributed by atoms with E-state index in [-0.39, 0.29) is 29.9 Å². The summed E-state index contributed by atoms with van der Waals surface area (Å²) < 4.78 is 37.2. The van der Waals surface area contributed by atoms with Gasteiger partial charge in [0.15, 0.2) is 0 Å². The van der Waals surface area contributed by atoms with Gasteiger partial charge >= 0.3 is 0 Å². The number of aliphatic hydroxyl groups excluding tert-OH is 1. The molecule has 0 amide bonds. The molecule has 0 radical (unpaired) electrons. The van der Waals surface area contributed by atoms with E-state index in [1.807, 2.05) is 0 Å². The van der Waals surface area contributed by atoms with Gasteiger partial charge < -0.3 is 19.6 Å². The smallest absolute Gasteiger partial charge is 0.147 e. The second-order valence-electron chi connectivity index (χ2n) is 4.38. The molecule has 0 aliphatic rings. The second kappa shape index (κ2) is 7.53. The lowest BCUT2D eigenvalue weighted by Crippen LogP contribution is -2.25. The summed E-state index contributed by atoms with van der Waals surface area (Å²) in [6, 6.07) is 5.54. The van der Waals surface area contributed by atoms with E-state index in [9.17, 15) is 13.9 Å². The minimum atomic E-state index is -0.855. The van der Waals surface area contributed by atoms with Gasteiger partial charge in [-0.05, 0) is 34.1 Å². The normalized spacial score (nSPS) is 12.4. The minimum Gasteiger partial charge on any atom is -0.467 e. The Morgan fingerprint density at radius 1 is 1.33 bits per heavy atom. The van der Waals surface area contributed by atoms with Gasteiger partial charge in [0.2, 0.25) is 0 Å². The van der Waals surface area contributed by atoms with Gasteiger partial charge in [-0.25, -0.2) is 8.78 Å². The Hall–Kier alpha value is -1.44. The molecular formula is C14H14BrF2NO3. The van der Waals surface area contributed by atoms with Crippen LogP contribution in [0.3, 0.4) is 0 Å². The lowest BCUT2D eigenvalue weighted by Gasteiger charge is -2.13. The van der Waals surface area contributed by atoms with Crippen LogP contribution in [0.15, 0.2) is 39.4 Å². The predicted octanol–water partition coefficient (Wildman–Crippen LogP) is 3.31. The van der Waals surface area contributed by atoms with Gasteiger partial charge in [0.05, 0.1) is 29.1 Å². The van der Waals surface area contributed by atoms with Crippen LogP contribution in [0.2, 0.25) is 0 Å². The standard InChI is InChI=1S/C14H14BrF2NO3/c15-11-4-13(17)14(5-12(11)16)18-6-9(19)7-20-8-10-2-1-3-21-10/h1-5,9,18-19H,6-8H2. The monoisotopic (exact) mass is 361 g/mol. The van der Waals surface area contributed by atoms with Crippen molar-refractivity contribution in [1.29, 1.82) is 0 Å². The summed E-state index contributed by atoms with van der Waals surface area (Å²) in [4.78, 5) is 0. The van der Waals surface area contributed by atoms with Crippen molar-refractivity contribution in [3.63, 3.8) is 0 Å². The first-order valence-corrected chi connectivity index (χ1v) is 7.02. The van der Waals surface area contributed by atoms with Gasteiger partial charge in [-0.2, -0.15) is 0 Å². The number of hydrogen-bond donors (Lipinski definition) is 2. The molecule has 0 saturated heterocycles. The number of anilines is 1. The van der Waals surface area contributed by atoms with E-state index in [0.29, 0.717) is 5.76 Å². The molecule has 114 valence electrons. The first-order valence-electron chi connectivity index (χ1n) is 6.23. The SMILES string of the molecule is OC(CNc1cc(F)c(Br)cc1F)COCc1ccco1. The molecule has 0 aliphatic carbocycles. The first kappa shape index (κ1) is 15.9. The highest BCUT2D eigenvalue weighted by Gasteiger charge is 2.10. The van der Waals surface area contributed by atoms with Crippen molar-refractivity contribution in [1.82, 2.24) is 0 Å². The summed E-state index contributed by atoms with van der Waals surface area (Å²) >= 11 is 2.89. The molecule has 1 atom stereocenters. The maximum Gasteiger partial charge on any atom is 0.147 e. The van der Waals surface area contributed by atoms with E-state index >= 15 is 0 Å². The van der Waals surface area contributed by atoms with Crippen molar-refractivity contribution in [2.45, 2.75) is 12.7 Å². The Balaban J connectivity index is 1.76. The highest BCUT2D eigenvalue weighted by Crippen LogP contribution is 2.23. The average Bonchev–Trinajstić information content (AvgIpc) is 2.94. The molecule has 21 heavy (non-hydrogen) atoms. The Morgan fingerprint density at radius 2 is 2.14 bits per heavy atom. The fraction of sp³-hybridized carbons (Fsp3) is 0.286. The Morgan fingerprint density at radius 3 is 2.86 bits per heavy atom. The molecule has 1 aromatic heterocycles. The largest absolute Gasteiger partial charge is 0.467 e. The van der Waals surface area contributed by atoms with Gasteiger partial charge in [0.1, 0.15) is 24.0 Å². The summed E-state index contributed by atoms with van der Waals surface area (Å²) in [6.07, 6.45) is 0.674. The zero-order chi connectivity index (χ0) is 15.2. The molecule has 2 N–H and O–H groups in total. The van der Waals surface area contributed by atoms with Gasteiger partial charge in [0, 0.05) is 12.6 Å². The summed E-state index contributed by atoms with van der Waals surface area (Å²) in [5, 5.41) is 12.3. The molecule has 4 nitrogen and oxygen atoms in total. The fourth-order valence-corrected chi connectivity index (χ4v) is 1.95. The van der Waals surface area contributed by atoms with E-state index in [1.165, 1.54) is 6.26 Å². The van der Waals surface area contributed by atoms with Crippen LogP contribution in [-0.2, 0) is 11.3 Å². The van der Waals surface area contributed by atoms with E-state index in [1.54, 1.807) is 12.1 Å². The highest BCUT2D eigenvalue weighted by molar-refractivity contribution is 9.10. The molecule has 0 spiro atoms. The zero-order valence-corrected chi connectivity index (χ0v) is 12.6. The van der Waals surface area contributed by atoms with Crippen LogP contribution in [0, 0.1) is 11.6 Å². The van der Waals surface area contributed by atoms with Crippen molar-refractivity contribution in [2.24, 2.45) is 0 Å². The number of rotatable bonds is 7. The van der Waals surface area contributed by atoms with Crippen LogP contribution < -0.4 is 5.32 Å². The second-order valence-corrected chi connectivity index (χ2v) is 5.23. The molecule has 0 bridgehead atoms. The van der Waals surface area contributed by atoms with Crippen molar-refractivity contribution in [3.8, 4) is 0 Å². The fourth-order valence-electron chi connectivity index (χ4n) is 1.63. The third-order valence-corrected chi connectivity index (χ3v) is 3.28. The Bertz CT molecular complexity index is 578. The number of nitrogens with one attached hydrogen (secondary N) is 1. The Labute approximate surface area is 128 Å². The number of halogens is 3. The number of aliphatic hydroxyl groups is 1. The van der Waals surface area contributed by atoms with E-state index < -0.39 is 17.7 Å². The Kier molecular flexibility index (Phi) is 5.72. The highest BCUT2D eigenvalue weighted by atomic mass is 79.9. The molecule has 1 unspecified atom stereocenters. The van der Waals surface area contributed by atoms with Crippen LogP contribution >= 0.6 is 15.9 Å². The average molecular weight is 362 g/mol. The van der Waals surface area contributed by atoms with Gasteiger partial charge in [-0.1, -0.05) is 0 Å². The van der Waals surface area contributed by atoms with Crippen molar-refractivity contribution in [2.75, 3.05) is 18.5 Å². The molecule has 0 saturated carbocycles. The quantitative estimate of drug-likeness (QED) is 0.743. The van der Waals surface area contributed by atoms with Crippen LogP contribution in [0.25, 0.3) is 0 Å². The summed E-state index contributed by atoms with van der Waals surface area (Å²) in [6.45, 7) is 0.329. The van der Waals surface area contributed by atoms with Crippen LogP contribution in [0.1, 0.15) is 5.76 Å². The number of hydrogen-bond acceptors (Lipinski definition) is 4. The predicted molar refractivity (Wildman–Crippen MR) is 76.9 cm³/mol. The van der Waals surface area contributed by atoms with Gasteiger partial charge in [-0.3, -0.25) is 0 Å². The topological polar surface area (TPSA) is 54.6 Å². The number of furan rings is 1. The lowest BCUT2D eigenvalue weighted by molar-refractivity contribution is 0.0282. The van der Waals surface area contributed by atoms with Crippen LogP contribution in [-0.4, -0.2) is 24.4 Å². The van der Waals surface area contributed by atoms with Crippen molar-refractivity contribution < 1.29 is 23.0 Å². The molecule has 1 aromatic carbocycles. The third kappa shape index (κ3) is 4.80. The molecule has 0 fully saturated rings. The third-order valence-electron chi connectivity index (χ3n) is 2.67. The van der Waals surface area contributed by atoms with Crippen LogP contribution in [0.5, 0.6) is 0 Å². The summed E-state index contributed by atoms with van der Waals surface area (Å²) in [5.74, 6) is -0.536. The van der Waals surface area contributed by atoms with E-state index in [4.69, 9.17) is 9.15 Å². The zero-order valence-electron chi connectivity index (χ0n) is 11.0. The van der Waals surface area contributed by atoms with Crippen molar-refractivity contribution in [3.05, 3.63) is 52.4 Å². The maximum atomic E-state index is 13.5. The first-order chi connectivity index (χ1) is 10.1. The van der Waals surface area contributed by atoms with Gasteiger partial charge in [-0.15, -0.1) is 0 Å². The number of benzene rings is 1. The summed E-state index contributed by atoms with van der Waals surface area (Å²) in [5.41, 5.74) is -0.0132. The summed E-state index contributed by atoms with van der Waals surface area (Å²) in [7, 11) is 0. The maximum absolute atomic E-state index is 13.5. The molecule has 2 aromatic rings. The van der Waals surface area contributed by atoms with Crippen LogP contribution in [0.4, 0.5) is 14.5 Å². The lowest BCUT2D eigenvalue weighted by atomic mass is 10.2. The van der Waals surface area contributed by atoms with Gasteiger partial charge in [0.25, 0.3) is 0 Å². The number of ether oxygens (including phenoxy) is 1. The van der Waals surface area contributed by atoms with Crippen molar-refractivity contribution >= 4 is 21.6 Å². The molecule has 2 rings (SSSR count). The molecular weight excluding hydrogens is 348 g/mol. The van der Waals surface area contributed by atoms with E-state index in [0.717, 1.165) is 12.1 Å². The minimum absolute atomic E-state index is 0.0132. The van der Waals surface area contributed by atoms with E-state index in [2.05, 4.69) is 21.2 Å². The molecule has 0 aliphatic heterocycles.